The standard InChI is InChI=1S/C30H29NO5/c1-29(2,3)28(33)34-20-12-14-24-26(18-20)35-25-17-19(31-15-7-4-8-16-31)11-13-23(25)30(24)22-10-6-5-9-21(22)27(32)36-30/h5-6,9-14,17-18H,4,7-8,15-16H2,1-3H3. The number of fused-ring (bicyclic) bond motifs is 6. The predicted octanol–water partition coefficient (Wildman–Crippen LogP) is 6.20. The van der Waals surface area contributed by atoms with Gasteiger partial charge < -0.3 is 19.1 Å². The van der Waals surface area contributed by atoms with Gasteiger partial charge in [0.1, 0.15) is 17.2 Å². The van der Waals surface area contributed by atoms with Crippen LogP contribution >= 0.6 is 0 Å². The minimum absolute atomic E-state index is 0.335. The average molecular weight is 484 g/mol. The van der Waals surface area contributed by atoms with Crippen molar-refractivity contribution < 1.29 is 23.8 Å². The second-order valence-corrected chi connectivity index (χ2v) is 10.7. The fourth-order valence-electron chi connectivity index (χ4n) is 5.32. The lowest BCUT2D eigenvalue weighted by Crippen LogP contribution is -2.34. The van der Waals surface area contributed by atoms with Gasteiger partial charge in [0, 0.05) is 47.6 Å². The van der Waals surface area contributed by atoms with Gasteiger partial charge in [-0.2, -0.15) is 0 Å². The third-order valence-corrected chi connectivity index (χ3v) is 7.21. The Morgan fingerprint density at radius 1 is 0.889 bits per heavy atom. The van der Waals surface area contributed by atoms with Gasteiger partial charge in [-0.1, -0.05) is 18.2 Å². The van der Waals surface area contributed by atoms with Crippen molar-refractivity contribution in [2.24, 2.45) is 5.41 Å². The molecule has 184 valence electrons. The minimum atomic E-state index is -1.14. The van der Waals surface area contributed by atoms with Gasteiger partial charge in [0.2, 0.25) is 0 Å². The van der Waals surface area contributed by atoms with Crippen LogP contribution in [0.4, 0.5) is 5.69 Å². The molecular weight excluding hydrogens is 454 g/mol. The summed E-state index contributed by atoms with van der Waals surface area (Å²) in [7, 11) is 0. The van der Waals surface area contributed by atoms with E-state index in [0.29, 0.717) is 28.4 Å². The van der Waals surface area contributed by atoms with Gasteiger partial charge in [0.25, 0.3) is 0 Å². The molecule has 3 aliphatic rings. The molecule has 0 N–H and O–H groups in total. The molecule has 6 rings (SSSR count). The molecule has 0 aromatic heterocycles. The maximum Gasteiger partial charge on any atom is 0.340 e. The van der Waals surface area contributed by atoms with Crippen LogP contribution in [0.2, 0.25) is 0 Å². The molecule has 0 aliphatic carbocycles. The molecule has 3 aromatic carbocycles. The van der Waals surface area contributed by atoms with Gasteiger partial charge in [-0.05, 0) is 70.4 Å². The normalized spacial score (nSPS) is 20.2. The highest BCUT2D eigenvalue weighted by Crippen LogP contribution is 2.57. The highest BCUT2D eigenvalue weighted by Gasteiger charge is 2.53. The summed E-state index contributed by atoms with van der Waals surface area (Å²) in [4.78, 5) is 28.0. The largest absolute Gasteiger partial charge is 0.456 e. The topological polar surface area (TPSA) is 65.1 Å². The van der Waals surface area contributed by atoms with E-state index in [9.17, 15) is 9.59 Å². The first kappa shape index (κ1) is 22.7. The summed E-state index contributed by atoms with van der Waals surface area (Å²) >= 11 is 0. The second kappa shape index (κ2) is 8.12. The van der Waals surface area contributed by atoms with Crippen molar-refractivity contribution in [1.82, 2.24) is 0 Å². The zero-order valence-corrected chi connectivity index (χ0v) is 20.8. The van der Waals surface area contributed by atoms with E-state index in [1.807, 2.05) is 57.2 Å². The Balaban J connectivity index is 1.51. The summed E-state index contributed by atoms with van der Waals surface area (Å²) in [5.74, 6) is 0.819. The molecule has 1 unspecified atom stereocenters. The summed E-state index contributed by atoms with van der Waals surface area (Å²) < 4.78 is 18.3. The van der Waals surface area contributed by atoms with E-state index in [-0.39, 0.29) is 11.9 Å². The quantitative estimate of drug-likeness (QED) is 0.320. The number of nitrogens with zero attached hydrogens (tertiary/aromatic N) is 1. The van der Waals surface area contributed by atoms with Crippen molar-refractivity contribution in [3.05, 3.63) is 82.9 Å². The number of ether oxygens (including phenoxy) is 3. The van der Waals surface area contributed by atoms with Crippen LogP contribution < -0.4 is 14.4 Å². The fourth-order valence-corrected chi connectivity index (χ4v) is 5.32. The van der Waals surface area contributed by atoms with E-state index < -0.39 is 11.0 Å². The summed E-state index contributed by atoms with van der Waals surface area (Å²) in [6.07, 6.45) is 3.58. The van der Waals surface area contributed by atoms with E-state index in [1.165, 1.54) is 6.42 Å². The smallest absolute Gasteiger partial charge is 0.340 e. The van der Waals surface area contributed by atoms with Gasteiger partial charge >= 0.3 is 11.9 Å². The molecule has 36 heavy (non-hydrogen) atoms. The van der Waals surface area contributed by atoms with Gasteiger partial charge in [0.15, 0.2) is 5.60 Å². The number of esters is 2. The van der Waals surface area contributed by atoms with Crippen LogP contribution in [-0.2, 0) is 15.1 Å². The molecule has 6 nitrogen and oxygen atoms in total. The van der Waals surface area contributed by atoms with Crippen molar-refractivity contribution in [2.45, 2.75) is 45.6 Å². The molecule has 0 bridgehead atoms. The number of hydrogen-bond acceptors (Lipinski definition) is 6. The molecule has 1 atom stereocenters. The van der Waals surface area contributed by atoms with Gasteiger partial charge in [-0.25, -0.2) is 4.79 Å². The Labute approximate surface area is 210 Å². The number of hydrogen-bond donors (Lipinski definition) is 0. The monoisotopic (exact) mass is 483 g/mol. The van der Waals surface area contributed by atoms with E-state index >= 15 is 0 Å². The Morgan fingerprint density at radius 2 is 1.58 bits per heavy atom. The van der Waals surface area contributed by atoms with Crippen LogP contribution in [-0.4, -0.2) is 25.0 Å². The third kappa shape index (κ3) is 3.47. The highest BCUT2D eigenvalue weighted by molar-refractivity contribution is 5.97. The zero-order chi connectivity index (χ0) is 25.1. The summed E-state index contributed by atoms with van der Waals surface area (Å²) in [5, 5.41) is 0. The van der Waals surface area contributed by atoms with Crippen LogP contribution in [0.25, 0.3) is 0 Å². The lowest BCUT2D eigenvalue weighted by Gasteiger charge is -2.37. The van der Waals surface area contributed by atoms with Gasteiger partial charge in [-0.15, -0.1) is 0 Å². The van der Waals surface area contributed by atoms with Gasteiger partial charge in [-0.3, -0.25) is 4.79 Å². The Hall–Kier alpha value is -3.80. The molecule has 6 heteroatoms. The Kier molecular flexibility index (Phi) is 5.11. The van der Waals surface area contributed by atoms with Crippen molar-refractivity contribution >= 4 is 17.6 Å². The van der Waals surface area contributed by atoms with Gasteiger partial charge in [0.05, 0.1) is 11.0 Å². The first-order valence-electron chi connectivity index (χ1n) is 12.5. The molecule has 3 heterocycles. The number of piperidine rings is 1. The molecule has 3 aliphatic heterocycles. The molecule has 0 radical (unpaired) electrons. The number of carbonyl (C=O) groups excluding carboxylic acids is 2. The first-order valence-corrected chi connectivity index (χ1v) is 12.5. The number of rotatable bonds is 2. The van der Waals surface area contributed by atoms with E-state index in [4.69, 9.17) is 14.2 Å². The number of anilines is 1. The Morgan fingerprint density at radius 3 is 2.33 bits per heavy atom. The number of benzene rings is 3. The SMILES string of the molecule is CC(C)(C)C(=O)Oc1ccc2c(c1)Oc1cc(N3CCCCC3)ccc1C21OC(=O)c2ccccc21. The fraction of sp³-hybridized carbons (Fsp3) is 0.333. The highest BCUT2D eigenvalue weighted by atomic mass is 16.6. The summed E-state index contributed by atoms with van der Waals surface area (Å²) in [5.41, 5.74) is 2.12. The van der Waals surface area contributed by atoms with Crippen LogP contribution in [0, 0.1) is 5.41 Å². The summed E-state index contributed by atoms with van der Waals surface area (Å²) in [6.45, 7) is 7.45. The first-order chi connectivity index (χ1) is 17.3. The zero-order valence-electron chi connectivity index (χ0n) is 20.8. The molecule has 0 amide bonds. The van der Waals surface area contributed by atoms with Crippen molar-refractivity contribution in [2.75, 3.05) is 18.0 Å². The minimum Gasteiger partial charge on any atom is -0.456 e. The lowest BCUT2D eigenvalue weighted by molar-refractivity contribution is -0.143. The van der Waals surface area contributed by atoms with Crippen molar-refractivity contribution in [3.8, 4) is 17.2 Å². The second-order valence-electron chi connectivity index (χ2n) is 10.7. The van der Waals surface area contributed by atoms with Crippen LogP contribution in [0.3, 0.4) is 0 Å². The average Bonchev–Trinajstić information content (AvgIpc) is 3.16. The lowest BCUT2D eigenvalue weighted by atomic mass is 9.77. The molecule has 1 saturated heterocycles. The van der Waals surface area contributed by atoms with Crippen LogP contribution in [0.5, 0.6) is 17.2 Å². The summed E-state index contributed by atoms with van der Waals surface area (Å²) in [6, 6.07) is 18.9. The Bertz CT molecular complexity index is 1380. The van der Waals surface area contributed by atoms with Crippen LogP contribution in [0.15, 0.2) is 60.7 Å². The molecule has 1 spiro atoms. The third-order valence-electron chi connectivity index (χ3n) is 7.21. The predicted molar refractivity (Wildman–Crippen MR) is 136 cm³/mol. The van der Waals surface area contributed by atoms with E-state index in [2.05, 4.69) is 11.0 Å². The molecular formula is C30H29NO5. The van der Waals surface area contributed by atoms with Crippen molar-refractivity contribution in [3.63, 3.8) is 0 Å². The molecule has 1 fully saturated rings. The van der Waals surface area contributed by atoms with Crippen LogP contribution in [0.1, 0.15) is 67.1 Å². The molecule has 0 saturated carbocycles. The molecule has 3 aromatic rings. The maximum absolute atomic E-state index is 13.1. The van der Waals surface area contributed by atoms with E-state index in [0.717, 1.165) is 42.7 Å². The maximum atomic E-state index is 13.1. The number of carbonyl (C=O) groups is 2. The van der Waals surface area contributed by atoms with E-state index in [1.54, 1.807) is 18.2 Å². The van der Waals surface area contributed by atoms with Crippen molar-refractivity contribution in [1.29, 1.82) is 0 Å².